The molecule has 0 spiro atoms. The maximum atomic E-state index is 13.1. The van der Waals surface area contributed by atoms with E-state index in [1.807, 2.05) is 0 Å². The molecule has 0 radical (unpaired) electrons. The Hall–Kier alpha value is -3.06. The van der Waals surface area contributed by atoms with E-state index in [2.05, 4.69) is 4.74 Å². The van der Waals surface area contributed by atoms with Crippen LogP contribution in [0.2, 0.25) is 0 Å². The van der Waals surface area contributed by atoms with Gasteiger partial charge < -0.3 is 19.7 Å². The number of rotatable bonds is 6. The fourth-order valence-corrected chi connectivity index (χ4v) is 4.98. The number of nitrogens with zero attached hydrogens (tertiary/aromatic N) is 2. The summed E-state index contributed by atoms with van der Waals surface area (Å²) in [6, 6.07) is 6.81. The molecule has 1 aliphatic heterocycles. The minimum atomic E-state index is -4.93. The second-order valence-corrected chi connectivity index (χ2v) is 9.41. The Kier molecular flexibility index (Phi) is 6.97. The minimum absolute atomic E-state index is 0.0945. The Labute approximate surface area is 194 Å². The van der Waals surface area contributed by atoms with Crippen molar-refractivity contribution in [3.05, 3.63) is 53.6 Å². The van der Waals surface area contributed by atoms with Gasteiger partial charge in [0.25, 0.3) is 0 Å². The summed E-state index contributed by atoms with van der Waals surface area (Å²) < 4.78 is 112. The third-order valence-electron chi connectivity index (χ3n) is 5.07. The molecule has 2 N–H and O–H groups in total. The number of alkyl halides is 6. The Morgan fingerprint density at radius 1 is 1.09 bits per heavy atom. The van der Waals surface area contributed by atoms with E-state index in [0.29, 0.717) is 22.5 Å². The van der Waals surface area contributed by atoms with Crippen molar-refractivity contribution in [2.75, 3.05) is 19.7 Å². The maximum absolute atomic E-state index is 13.1. The van der Waals surface area contributed by atoms with E-state index in [9.17, 15) is 50.2 Å². The number of sulfonamides is 1. The zero-order valence-corrected chi connectivity index (χ0v) is 18.2. The molecule has 15 heteroatoms. The number of aliphatic hydroxyl groups is 2. The zero-order valence-electron chi connectivity index (χ0n) is 17.3. The molecule has 3 rings (SSSR count). The summed E-state index contributed by atoms with van der Waals surface area (Å²) in [5, 5.41) is 29.6. The van der Waals surface area contributed by atoms with Gasteiger partial charge in [0.15, 0.2) is 0 Å². The molecule has 1 aliphatic rings. The van der Waals surface area contributed by atoms with Crippen molar-refractivity contribution in [3.63, 3.8) is 0 Å². The number of benzene rings is 2. The van der Waals surface area contributed by atoms with E-state index in [1.165, 1.54) is 6.07 Å². The summed E-state index contributed by atoms with van der Waals surface area (Å²) in [5.74, 6) is -0.660. The first-order valence-electron chi connectivity index (χ1n) is 9.56. The van der Waals surface area contributed by atoms with Gasteiger partial charge in [0.2, 0.25) is 10.0 Å². The molecule has 0 bridgehead atoms. The lowest BCUT2D eigenvalue weighted by atomic mass is 10.0. The van der Waals surface area contributed by atoms with Crippen LogP contribution in [0.5, 0.6) is 11.5 Å². The van der Waals surface area contributed by atoms with E-state index >= 15 is 0 Å². The largest absolute Gasteiger partial charge is 0.573 e. The van der Waals surface area contributed by atoms with Gasteiger partial charge in [-0.3, -0.25) is 0 Å². The number of nitriles is 1. The first-order valence-corrected chi connectivity index (χ1v) is 11.0. The van der Waals surface area contributed by atoms with Gasteiger partial charge in [0.05, 0.1) is 29.2 Å². The Bertz CT molecular complexity index is 1230. The summed E-state index contributed by atoms with van der Waals surface area (Å²) in [7, 11) is -4.63. The first-order chi connectivity index (χ1) is 16.1. The Balaban J connectivity index is 1.86. The van der Waals surface area contributed by atoms with E-state index < -0.39 is 75.7 Å². The van der Waals surface area contributed by atoms with Gasteiger partial charge in [-0.15, -0.1) is 13.2 Å². The first kappa shape index (κ1) is 26.5. The van der Waals surface area contributed by atoms with Crippen LogP contribution in [0.4, 0.5) is 26.3 Å². The third kappa shape index (κ3) is 5.78. The Morgan fingerprint density at radius 3 is 2.20 bits per heavy atom. The molecule has 1 heterocycles. The van der Waals surface area contributed by atoms with Crippen LogP contribution in [-0.2, 0) is 16.2 Å². The van der Waals surface area contributed by atoms with Crippen LogP contribution < -0.4 is 9.47 Å². The second-order valence-electron chi connectivity index (χ2n) is 7.51. The molecule has 0 amide bonds. The summed E-state index contributed by atoms with van der Waals surface area (Å²) in [6.07, 6.45) is -11.2. The molecular weight excluding hydrogens is 510 g/mol. The topological polar surface area (TPSA) is 120 Å². The second kappa shape index (κ2) is 9.19. The van der Waals surface area contributed by atoms with E-state index in [0.717, 1.165) is 24.3 Å². The molecule has 2 atom stereocenters. The van der Waals surface area contributed by atoms with Gasteiger partial charge in [-0.1, -0.05) is 0 Å². The van der Waals surface area contributed by atoms with Crippen molar-refractivity contribution in [1.29, 1.82) is 5.26 Å². The highest BCUT2D eigenvalue weighted by molar-refractivity contribution is 7.89. The third-order valence-corrected chi connectivity index (χ3v) is 6.94. The molecule has 0 saturated carbocycles. The highest BCUT2D eigenvalue weighted by Crippen LogP contribution is 2.35. The van der Waals surface area contributed by atoms with Gasteiger partial charge in [-0.2, -0.15) is 22.7 Å². The molecule has 2 aromatic rings. The number of aliphatic hydroxyl groups excluding tert-OH is 1. The van der Waals surface area contributed by atoms with Gasteiger partial charge in [0.1, 0.15) is 29.3 Å². The summed E-state index contributed by atoms with van der Waals surface area (Å²) in [5.41, 5.74) is -4.19. The maximum Gasteiger partial charge on any atom is 0.573 e. The van der Waals surface area contributed by atoms with E-state index in [1.54, 1.807) is 0 Å². The van der Waals surface area contributed by atoms with E-state index in [-0.39, 0.29) is 5.75 Å². The van der Waals surface area contributed by atoms with Crippen LogP contribution in [0.3, 0.4) is 0 Å². The van der Waals surface area contributed by atoms with Crippen molar-refractivity contribution >= 4 is 10.0 Å². The number of hydrogen-bond donors (Lipinski definition) is 2. The lowest BCUT2D eigenvalue weighted by molar-refractivity contribution is -0.274. The molecule has 0 unspecified atom stereocenters. The van der Waals surface area contributed by atoms with Crippen LogP contribution in [0.1, 0.15) is 11.1 Å². The summed E-state index contributed by atoms with van der Waals surface area (Å²) >= 11 is 0. The molecule has 0 aliphatic carbocycles. The summed E-state index contributed by atoms with van der Waals surface area (Å²) in [4.78, 5) is -0.748. The monoisotopic (exact) mass is 526 g/mol. The summed E-state index contributed by atoms with van der Waals surface area (Å²) in [6.45, 7) is -2.32. The van der Waals surface area contributed by atoms with Gasteiger partial charge in [-0.25, -0.2) is 8.42 Å². The molecule has 0 aromatic heterocycles. The van der Waals surface area contributed by atoms with Gasteiger partial charge in [-0.05, 0) is 42.5 Å². The van der Waals surface area contributed by atoms with Crippen LogP contribution in [0.15, 0.2) is 47.4 Å². The van der Waals surface area contributed by atoms with Crippen molar-refractivity contribution in [1.82, 2.24) is 4.31 Å². The Morgan fingerprint density at radius 2 is 1.69 bits per heavy atom. The van der Waals surface area contributed by atoms with Crippen LogP contribution in [-0.4, -0.2) is 60.7 Å². The predicted molar refractivity (Wildman–Crippen MR) is 104 cm³/mol. The average molecular weight is 526 g/mol. The van der Waals surface area contributed by atoms with Crippen LogP contribution >= 0.6 is 0 Å². The lowest BCUT2D eigenvalue weighted by Gasteiger charge is -2.27. The van der Waals surface area contributed by atoms with Gasteiger partial charge >= 0.3 is 12.5 Å². The molecule has 1 saturated heterocycles. The number of halogens is 6. The van der Waals surface area contributed by atoms with Crippen molar-refractivity contribution < 1.29 is 54.4 Å². The smallest absolute Gasteiger partial charge is 0.486 e. The fraction of sp³-hybridized carbons (Fsp3) is 0.350. The SMILES string of the molecule is N#Cc1cc(C(F)(F)F)ccc1S(=O)(=O)N1C[C@H](Oc2ccc(OC(F)(F)F)cc2)[C@](O)(CO)C1. The van der Waals surface area contributed by atoms with E-state index in [4.69, 9.17) is 4.74 Å². The highest BCUT2D eigenvalue weighted by Gasteiger charge is 2.51. The molecule has 2 aromatic carbocycles. The number of ether oxygens (including phenoxy) is 2. The number of β-amino-alcohol motifs (C(OH)–C–C–N with tert-alkyl or cyclic N) is 1. The standard InChI is InChI=1S/C20H16F6N2O6S/c21-19(22,23)13-1-6-16(12(7-13)8-27)35(31,32)28-9-17(18(30,10-28)11-29)33-14-2-4-15(5-3-14)34-20(24,25)26/h1-7,17,29-30H,9-11H2/t17-,18+/m0/s1. The number of hydrogen-bond acceptors (Lipinski definition) is 7. The van der Waals surface area contributed by atoms with Crippen LogP contribution in [0.25, 0.3) is 0 Å². The minimum Gasteiger partial charge on any atom is -0.486 e. The molecule has 8 nitrogen and oxygen atoms in total. The molecular formula is C20H16F6N2O6S. The quantitative estimate of drug-likeness (QED) is 0.556. The van der Waals surface area contributed by atoms with Crippen molar-refractivity contribution in [3.8, 4) is 17.6 Å². The molecule has 35 heavy (non-hydrogen) atoms. The van der Waals surface area contributed by atoms with Crippen molar-refractivity contribution in [2.45, 2.75) is 29.1 Å². The van der Waals surface area contributed by atoms with Crippen LogP contribution in [0, 0.1) is 11.3 Å². The molecule has 190 valence electrons. The zero-order chi connectivity index (χ0) is 26.2. The fourth-order valence-electron chi connectivity index (χ4n) is 3.35. The lowest BCUT2D eigenvalue weighted by Crippen LogP contribution is -2.48. The average Bonchev–Trinajstić information content (AvgIpc) is 3.10. The van der Waals surface area contributed by atoms with Gasteiger partial charge in [0, 0.05) is 6.54 Å². The highest BCUT2D eigenvalue weighted by atomic mass is 32.2. The normalized spacial score (nSPS) is 21.5. The van der Waals surface area contributed by atoms with Crippen molar-refractivity contribution in [2.24, 2.45) is 0 Å². The molecule has 1 fully saturated rings. The predicted octanol–water partition coefficient (Wildman–Crippen LogP) is 2.65.